The maximum Gasteiger partial charge on any atom is 0.224 e. The molecule has 4 nitrogen and oxygen atoms in total. The molecule has 2 aliphatic rings. The predicted molar refractivity (Wildman–Crippen MR) is 181 cm³/mol. The number of carbonyl (C=O) groups excluding carboxylic acids is 1. The summed E-state index contributed by atoms with van der Waals surface area (Å²) < 4.78 is 0. The van der Waals surface area contributed by atoms with Gasteiger partial charge in [0.1, 0.15) is 0 Å². The van der Waals surface area contributed by atoms with Gasteiger partial charge in [-0.05, 0) is 85.1 Å². The van der Waals surface area contributed by atoms with Gasteiger partial charge in [-0.3, -0.25) is 4.79 Å². The standard InChI is InChI=1S/C39H47N3O/c1-29(27-31-13-7-5-8-14-31)42(36-25-23-35(24-26-36)41(3)4)28-32-19-21-34(22-20-32)37-17-11-12-18-38(37)39(43)40-30(2)33-15-9-6-10-16-33/h5,7-9,13-16,19-26,30,37-38H,1,6,10-12,17-18,27-28H2,2-4H3,(H,40,43)/t30-,37-,38?/m0/s1. The van der Waals surface area contributed by atoms with Gasteiger partial charge in [-0.25, -0.2) is 0 Å². The van der Waals surface area contributed by atoms with Gasteiger partial charge in [0.25, 0.3) is 0 Å². The minimum atomic E-state index is 0.0209. The molecule has 0 bridgehead atoms. The van der Waals surface area contributed by atoms with Crippen LogP contribution in [0.3, 0.4) is 0 Å². The van der Waals surface area contributed by atoms with Crippen molar-refractivity contribution in [2.75, 3.05) is 23.9 Å². The van der Waals surface area contributed by atoms with Crippen LogP contribution in [-0.2, 0) is 17.8 Å². The lowest BCUT2D eigenvalue weighted by Gasteiger charge is -2.32. The summed E-state index contributed by atoms with van der Waals surface area (Å²) in [4.78, 5) is 18.0. The van der Waals surface area contributed by atoms with Gasteiger partial charge in [-0.1, -0.05) is 92.2 Å². The summed E-state index contributed by atoms with van der Waals surface area (Å²) in [6, 6.07) is 28.3. The van der Waals surface area contributed by atoms with Gasteiger partial charge < -0.3 is 15.1 Å². The van der Waals surface area contributed by atoms with Gasteiger partial charge in [-0.2, -0.15) is 0 Å². The van der Waals surface area contributed by atoms with Crippen molar-refractivity contribution >= 4 is 17.3 Å². The summed E-state index contributed by atoms with van der Waals surface area (Å²) in [6.07, 6.45) is 13.9. The highest BCUT2D eigenvalue weighted by Crippen LogP contribution is 2.38. The van der Waals surface area contributed by atoms with E-state index in [1.165, 1.54) is 34.4 Å². The maximum absolute atomic E-state index is 13.5. The largest absolute Gasteiger partial charge is 0.378 e. The third kappa shape index (κ3) is 7.87. The van der Waals surface area contributed by atoms with Crippen LogP contribution in [0.25, 0.3) is 0 Å². The number of hydrogen-bond donors (Lipinski definition) is 1. The number of nitrogens with one attached hydrogen (secondary N) is 1. The molecule has 0 spiro atoms. The Balaban J connectivity index is 1.31. The molecule has 0 saturated heterocycles. The highest BCUT2D eigenvalue weighted by molar-refractivity contribution is 5.80. The number of rotatable bonds is 11. The van der Waals surface area contributed by atoms with E-state index in [0.717, 1.165) is 56.5 Å². The highest BCUT2D eigenvalue weighted by Gasteiger charge is 2.32. The molecular formula is C39H47N3O. The second kappa shape index (κ2) is 14.4. The molecule has 3 aromatic rings. The van der Waals surface area contributed by atoms with Crippen LogP contribution in [0.5, 0.6) is 0 Å². The molecule has 1 unspecified atom stereocenters. The van der Waals surface area contributed by atoms with Crippen LogP contribution >= 0.6 is 0 Å². The average molecular weight is 574 g/mol. The zero-order valence-electron chi connectivity index (χ0n) is 26.1. The van der Waals surface area contributed by atoms with Gasteiger partial charge in [0.15, 0.2) is 0 Å². The molecule has 1 saturated carbocycles. The van der Waals surface area contributed by atoms with Gasteiger partial charge in [-0.15, -0.1) is 0 Å². The third-order valence-corrected chi connectivity index (χ3v) is 9.04. The van der Waals surface area contributed by atoms with E-state index in [1.807, 2.05) is 0 Å². The average Bonchev–Trinajstić information content (AvgIpc) is 3.04. The number of anilines is 2. The number of allylic oxidation sites excluding steroid dienone is 3. The third-order valence-electron chi connectivity index (χ3n) is 9.04. The first-order valence-corrected chi connectivity index (χ1v) is 15.9. The lowest BCUT2D eigenvalue weighted by Crippen LogP contribution is -2.41. The summed E-state index contributed by atoms with van der Waals surface area (Å²) >= 11 is 0. The van der Waals surface area contributed by atoms with Crippen LogP contribution in [0.15, 0.2) is 115 Å². The lowest BCUT2D eigenvalue weighted by atomic mass is 9.74. The maximum atomic E-state index is 13.5. The van der Waals surface area contributed by atoms with Crippen molar-refractivity contribution in [1.82, 2.24) is 5.32 Å². The molecule has 1 fully saturated rings. The molecule has 2 aliphatic carbocycles. The smallest absolute Gasteiger partial charge is 0.224 e. The van der Waals surface area contributed by atoms with Gasteiger partial charge in [0.05, 0.1) is 6.04 Å². The van der Waals surface area contributed by atoms with Crippen LogP contribution in [0, 0.1) is 5.92 Å². The fourth-order valence-corrected chi connectivity index (χ4v) is 6.50. The van der Waals surface area contributed by atoms with Crippen molar-refractivity contribution in [3.8, 4) is 0 Å². The summed E-state index contributed by atoms with van der Waals surface area (Å²) in [6.45, 7) is 7.37. The number of amides is 1. The van der Waals surface area contributed by atoms with Gasteiger partial charge in [0.2, 0.25) is 5.91 Å². The molecule has 0 radical (unpaired) electrons. The molecule has 1 N–H and O–H groups in total. The van der Waals surface area contributed by atoms with E-state index in [9.17, 15) is 4.79 Å². The van der Waals surface area contributed by atoms with E-state index < -0.39 is 0 Å². The molecule has 3 aromatic carbocycles. The summed E-state index contributed by atoms with van der Waals surface area (Å²) in [5.41, 5.74) is 8.37. The fraction of sp³-hybridized carbons (Fsp3) is 0.359. The van der Waals surface area contributed by atoms with Crippen molar-refractivity contribution < 1.29 is 4.79 Å². The fourth-order valence-electron chi connectivity index (χ4n) is 6.50. The van der Waals surface area contributed by atoms with E-state index in [4.69, 9.17) is 0 Å². The molecule has 43 heavy (non-hydrogen) atoms. The van der Waals surface area contributed by atoms with Crippen LogP contribution in [0.1, 0.15) is 68.1 Å². The van der Waals surface area contributed by atoms with Crippen LogP contribution in [0.4, 0.5) is 11.4 Å². The Labute approximate surface area is 258 Å². The van der Waals surface area contributed by atoms with E-state index in [-0.39, 0.29) is 23.8 Å². The lowest BCUT2D eigenvalue weighted by molar-refractivity contribution is -0.127. The number of carbonyl (C=O) groups is 1. The Morgan fingerprint density at radius 3 is 2.26 bits per heavy atom. The minimum absolute atomic E-state index is 0.0209. The quantitative estimate of drug-likeness (QED) is 0.250. The molecule has 4 heteroatoms. The molecular weight excluding hydrogens is 526 g/mol. The Bertz CT molecular complexity index is 1420. The molecule has 3 atom stereocenters. The van der Waals surface area contributed by atoms with E-state index in [2.05, 4.69) is 140 Å². The Morgan fingerprint density at radius 2 is 1.58 bits per heavy atom. The van der Waals surface area contributed by atoms with Crippen LogP contribution in [-0.4, -0.2) is 26.0 Å². The zero-order chi connectivity index (χ0) is 30.2. The topological polar surface area (TPSA) is 35.6 Å². The molecule has 5 rings (SSSR count). The van der Waals surface area contributed by atoms with Gasteiger partial charge in [0, 0.05) is 50.1 Å². The van der Waals surface area contributed by atoms with Crippen molar-refractivity contribution in [2.24, 2.45) is 5.92 Å². The second-order valence-corrected chi connectivity index (χ2v) is 12.4. The first-order chi connectivity index (χ1) is 20.9. The minimum Gasteiger partial charge on any atom is -0.378 e. The van der Waals surface area contributed by atoms with Crippen LogP contribution < -0.4 is 15.1 Å². The normalized spacial score (nSPS) is 18.8. The summed E-state index contributed by atoms with van der Waals surface area (Å²) in [5, 5.41) is 3.34. The molecule has 0 aromatic heterocycles. The van der Waals surface area contributed by atoms with Crippen molar-refractivity contribution in [3.05, 3.63) is 132 Å². The van der Waals surface area contributed by atoms with Crippen molar-refractivity contribution in [1.29, 1.82) is 0 Å². The zero-order valence-corrected chi connectivity index (χ0v) is 26.1. The van der Waals surface area contributed by atoms with E-state index >= 15 is 0 Å². The number of hydrogen-bond acceptors (Lipinski definition) is 3. The predicted octanol–water partition coefficient (Wildman–Crippen LogP) is 8.57. The first kappa shape index (κ1) is 30.4. The van der Waals surface area contributed by atoms with E-state index in [1.54, 1.807) is 0 Å². The van der Waals surface area contributed by atoms with Crippen molar-refractivity contribution in [3.63, 3.8) is 0 Å². The molecule has 224 valence electrons. The summed E-state index contributed by atoms with van der Waals surface area (Å²) in [7, 11) is 4.13. The number of benzene rings is 3. The first-order valence-electron chi connectivity index (χ1n) is 15.9. The molecule has 0 heterocycles. The SMILES string of the molecule is C=C(Cc1ccccc1)N(Cc1ccc([C@@H]2CCCCC2C(=O)N[C@@H](C)C2=CCCC=C2)cc1)c1ccc(N(C)C)cc1. The monoisotopic (exact) mass is 573 g/mol. The van der Waals surface area contributed by atoms with E-state index in [0.29, 0.717) is 0 Å². The second-order valence-electron chi connectivity index (χ2n) is 12.4. The number of nitrogens with zero attached hydrogens (tertiary/aromatic N) is 2. The Kier molecular flexibility index (Phi) is 10.2. The Hall–Kier alpha value is -4.05. The summed E-state index contributed by atoms with van der Waals surface area (Å²) in [5.74, 6) is 0.479. The Morgan fingerprint density at radius 1 is 0.884 bits per heavy atom. The molecule has 0 aliphatic heterocycles. The van der Waals surface area contributed by atoms with Crippen molar-refractivity contribution in [2.45, 2.75) is 70.4 Å². The van der Waals surface area contributed by atoms with Crippen LogP contribution in [0.2, 0.25) is 0 Å². The molecule has 1 amide bonds. The highest BCUT2D eigenvalue weighted by atomic mass is 16.2. The van der Waals surface area contributed by atoms with Gasteiger partial charge >= 0.3 is 0 Å².